The molecular weight excluding hydrogens is 501 g/mol. The molecule has 212 valence electrons. The second-order valence-corrected chi connectivity index (χ2v) is 10.1. The van der Waals surface area contributed by atoms with Crippen LogP contribution in [0.3, 0.4) is 0 Å². The number of benzene rings is 2. The van der Waals surface area contributed by atoms with Gasteiger partial charge in [0.2, 0.25) is 0 Å². The van der Waals surface area contributed by atoms with Crippen molar-refractivity contribution in [2.75, 3.05) is 13.2 Å². The Hall–Kier alpha value is -3.29. The molecule has 0 aromatic heterocycles. The molecule has 8 heteroatoms. The van der Waals surface area contributed by atoms with E-state index < -0.39 is 11.7 Å². The quantitative estimate of drug-likeness (QED) is 0.228. The first kappa shape index (κ1) is 30.3. The van der Waals surface area contributed by atoms with Crippen molar-refractivity contribution in [1.29, 1.82) is 5.41 Å². The zero-order valence-electron chi connectivity index (χ0n) is 23.4. The molecular formula is C31H41F3N4O. The predicted molar refractivity (Wildman–Crippen MR) is 153 cm³/mol. The second kappa shape index (κ2) is 13.7. The fraction of sp³-hybridized carbons (Fsp3) is 0.484. The van der Waals surface area contributed by atoms with Crippen LogP contribution in [0.5, 0.6) is 5.75 Å². The van der Waals surface area contributed by atoms with E-state index >= 15 is 0 Å². The lowest BCUT2D eigenvalue weighted by atomic mass is 9.93. The van der Waals surface area contributed by atoms with Crippen molar-refractivity contribution in [2.24, 2.45) is 16.6 Å². The smallest absolute Gasteiger partial charge is 0.416 e. The van der Waals surface area contributed by atoms with Crippen LogP contribution in [0.2, 0.25) is 0 Å². The normalized spacial score (nSPS) is 17.4. The van der Waals surface area contributed by atoms with Crippen LogP contribution in [0.4, 0.5) is 13.2 Å². The third-order valence-corrected chi connectivity index (χ3v) is 7.33. The topological polar surface area (TPSA) is 74.7 Å². The molecule has 2 unspecified atom stereocenters. The summed E-state index contributed by atoms with van der Waals surface area (Å²) in [5.41, 5.74) is 8.21. The molecule has 2 aromatic rings. The van der Waals surface area contributed by atoms with Gasteiger partial charge in [0.05, 0.1) is 23.9 Å². The van der Waals surface area contributed by atoms with Gasteiger partial charge < -0.3 is 15.4 Å². The lowest BCUT2D eigenvalue weighted by molar-refractivity contribution is -0.138. The fourth-order valence-corrected chi connectivity index (χ4v) is 4.99. The van der Waals surface area contributed by atoms with Gasteiger partial charge in [-0.15, -0.1) is 0 Å². The Morgan fingerprint density at radius 1 is 1.18 bits per heavy atom. The number of aliphatic imine (C=N–C) groups is 1. The van der Waals surface area contributed by atoms with E-state index in [-0.39, 0.29) is 29.9 Å². The first-order valence-corrected chi connectivity index (χ1v) is 13.9. The van der Waals surface area contributed by atoms with Crippen molar-refractivity contribution >= 4 is 17.4 Å². The molecule has 5 nitrogen and oxygen atoms in total. The first-order chi connectivity index (χ1) is 18.6. The summed E-state index contributed by atoms with van der Waals surface area (Å²) in [4.78, 5) is 6.77. The Bertz CT molecular complexity index is 1170. The maximum Gasteiger partial charge on any atom is 0.416 e. The number of nitrogens with zero attached hydrogens (tertiary/aromatic N) is 2. The highest BCUT2D eigenvalue weighted by Crippen LogP contribution is 2.35. The average Bonchev–Trinajstić information content (AvgIpc) is 3.41. The van der Waals surface area contributed by atoms with Crippen LogP contribution in [-0.2, 0) is 19.0 Å². The molecule has 1 heterocycles. The number of nitrogens with two attached hydrogens (primary N) is 1. The summed E-state index contributed by atoms with van der Waals surface area (Å²) in [5.74, 6) is 0.869. The van der Waals surface area contributed by atoms with Crippen molar-refractivity contribution in [3.05, 3.63) is 70.8 Å². The Balaban J connectivity index is 1.89. The monoisotopic (exact) mass is 542 g/mol. The van der Waals surface area contributed by atoms with Gasteiger partial charge in [-0.2, -0.15) is 13.2 Å². The van der Waals surface area contributed by atoms with Crippen molar-refractivity contribution < 1.29 is 17.9 Å². The molecule has 0 aliphatic carbocycles. The Morgan fingerprint density at radius 2 is 1.90 bits per heavy atom. The van der Waals surface area contributed by atoms with E-state index in [4.69, 9.17) is 20.9 Å². The number of halogens is 3. The van der Waals surface area contributed by atoms with E-state index in [0.29, 0.717) is 30.8 Å². The summed E-state index contributed by atoms with van der Waals surface area (Å²) in [7, 11) is 0. The maximum atomic E-state index is 14.2. The van der Waals surface area contributed by atoms with E-state index in [1.165, 1.54) is 6.07 Å². The van der Waals surface area contributed by atoms with E-state index in [1.54, 1.807) is 25.1 Å². The van der Waals surface area contributed by atoms with Gasteiger partial charge in [-0.25, -0.2) is 0 Å². The van der Waals surface area contributed by atoms with Gasteiger partial charge in [0.25, 0.3) is 0 Å². The van der Waals surface area contributed by atoms with E-state index in [1.807, 2.05) is 36.1 Å². The summed E-state index contributed by atoms with van der Waals surface area (Å²) in [6, 6.07) is 12.0. The number of aryl methyl sites for hydroxylation is 2. The molecule has 0 amide bonds. The number of likely N-dealkylation sites (tertiary alicyclic amines) is 1. The molecule has 0 radical (unpaired) electrons. The fourth-order valence-electron chi connectivity index (χ4n) is 4.99. The Labute approximate surface area is 230 Å². The molecule has 0 bridgehead atoms. The Morgan fingerprint density at radius 3 is 2.49 bits per heavy atom. The number of ether oxygens (including phenoxy) is 1. The molecule has 39 heavy (non-hydrogen) atoms. The van der Waals surface area contributed by atoms with Gasteiger partial charge in [-0.1, -0.05) is 51.1 Å². The highest BCUT2D eigenvalue weighted by molar-refractivity contribution is 5.98. The number of hydrogen-bond acceptors (Lipinski definition) is 3. The number of rotatable bonds is 11. The van der Waals surface area contributed by atoms with Gasteiger partial charge in [0.15, 0.2) is 5.96 Å². The Kier molecular flexibility index (Phi) is 10.6. The van der Waals surface area contributed by atoms with Crippen molar-refractivity contribution in [3.63, 3.8) is 0 Å². The molecule has 3 rings (SSSR count). The standard InChI is InChI=1S/C31H41F3N4O/c1-5-19-39-25-16-11-22(12-17-25)10-13-23-14-15-24(20-26(23)31(32,33)34)27(7-3)37-29(21(4)6-2)28-9-8-18-38(28)30(35)36/h7,11-12,14-17,20-21,28H,5-6,8-10,13,18-19H2,1-4H3,(H3,35,36)/b27-7-,37-29+. The van der Waals surface area contributed by atoms with Crippen LogP contribution in [0.15, 0.2) is 53.5 Å². The van der Waals surface area contributed by atoms with Crippen LogP contribution >= 0.6 is 0 Å². The SMILES string of the molecule is C/C=C(\N=C(/C(C)CC)C1CCCN1C(=N)N)c1ccc(CCc2ccc(OCCC)cc2)c(C(F)(F)F)c1. The van der Waals surface area contributed by atoms with E-state index in [0.717, 1.165) is 42.7 Å². The minimum Gasteiger partial charge on any atom is -0.494 e. The summed E-state index contributed by atoms with van der Waals surface area (Å²) < 4.78 is 48.2. The molecule has 1 aliphatic heterocycles. The summed E-state index contributed by atoms with van der Waals surface area (Å²) in [5, 5.41) is 7.97. The minimum absolute atomic E-state index is 0.00219. The van der Waals surface area contributed by atoms with Crippen LogP contribution in [0, 0.1) is 11.3 Å². The van der Waals surface area contributed by atoms with Gasteiger partial charge in [0, 0.05) is 17.8 Å². The first-order valence-electron chi connectivity index (χ1n) is 13.9. The predicted octanol–water partition coefficient (Wildman–Crippen LogP) is 7.49. The molecule has 1 aliphatic rings. The summed E-state index contributed by atoms with van der Waals surface area (Å²) >= 11 is 0. The van der Waals surface area contributed by atoms with E-state index in [2.05, 4.69) is 13.8 Å². The largest absolute Gasteiger partial charge is 0.494 e. The van der Waals surface area contributed by atoms with Gasteiger partial charge in [-0.3, -0.25) is 10.4 Å². The number of nitrogens with one attached hydrogen (secondary N) is 1. The third-order valence-electron chi connectivity index (χ3n) is 7.33. The lowest BCUT2D eigenvalue weighted by Crippen LogP contribution is -2.45. The number of guanidine groups is 1. The zero-order valence-corrected chi connectivity index (χ0v) is 23.4. The van der Waals surface area contributed by atoms with Gasteiger partial charge >= 0.3 is 6.18 Å². The number of allylic oxidation sites excluding steroid dienone is 1. The van der Waals surface area contributed by atoms with Crippen LogP contribution in [0.1, 0.15) is 75.6 Å². The molecule has 2 aromatic carbocycles. The molecule has 1 saturated heterocycles. The number of hydrogen-bond donors (Lipinski definition) is 2. The minimum atomic E-state index is -4.48. The highest BCUT2D eigenvalue weighted by atomic mass is 19.4. The van der Waals surface area contributed by atoms with Crippen LogP contribution in [0.25, 0.3) is 5.70 Å². The van der Waals surface area contributed by atoms with Crippen molar-refractivity contribution in [3.8, 4) is 5.75 Å². The zero-order chi connectivity index (χ0) is 28.6. The molecule has 0 saturated carbocycles. The number of alkyl halides is 3. The van der Waals surface area contributed by atoms with Crippen molar-refractivity contribution in [1.82, 2.24) is 4.90 Å². The van der Waals surface area contributed by atoms with Gasteiger partial charge in [-0.05, 0) is 80.7 Å². The van der Waals surface area contributed by atoms with Crippen molar-refractivity contribution in [2.45, 2.75) is 78.4 Å². The molecule has 3 N–H and O–H groups in total. The summed E-state index contributed by atoms with van der Waals surface area (Å²) in [6.45, 7) is 9.26. The highest BCUT2D eigenvalue weighted by Gasteiger charge is 2.34. The van der Waals surface area contributed by atoms with Crippen LogP contribution < -0.4 is 10.5 Å². The maximum absolute atomic E-state index is 14.2. The molecule has 1 fully saturated rings. The lowest BCUT2D eigenvalue weighted by Gasteiger charge is -2.29. The second-order valence-electron chi connectivity index (χ2n) is 10.1. The van der Waals surface area contributed by atoms with Crippen LogP contribution in [-0.4, -0.2) is 35.8 Å². The van der Waals surface area contributed by atoms with E-state index in [9.17, 15) is 13.2 Å². The molecule has 2 atom stereocenters. The third kappa shape index (κ3) is 7.87. The molecule has 0 spiro atoms. The summed E-state index contributed by atoms with van der Waals surface area (Å²) in [6.07, 6.45) is 1.49. The van der Waals surface area contributed by atoms with Gasteiger partial charge in [0.1, 0.15) is 5.75 Å². The average molecular weight is 543 g/mol.